The van der Waals surface area contributed by atoms with Crippen molar-refractivity contribution < 1.29 is 0 Å². The molecule has 0 atom stereocenters. The molecule has 2 N–H and O–H groups in total. The third-order valence-electron chi connectivity index (χ3n) is 1.60. The Kier molecular flexibility index (Phi) is 3.54. The SMILES string of the molecule is CCCNCc1ccc(=O)[nH]c1. The summed E-state index contributed by atoms with van der Waals surface area (Å²) < 4.78 is 0. The van der Waals surface area contributed by atoms with E-state index in [1.807, 2.05) is 6.07 Å². The molecule has 0 saturated carbocycles. The van der Waals surface area contributed by atoms with Crippen LogP contribution in [0.2, 0.25) is 0 Å². The maximum absolute atomic E-state index is 10.7. The summed E-state index contributed by atoms with van der Waals surface area (Å²) in [5.41, 5.74) is 1.07. The van der Waals surface area contributed by atoms with Gasteiger partial charge in [0, 0.05) is 18.8 Å². The van der Waals surface area contributed by atoms with Crippen LogP contribution in [0.1, 0.15) is 18.9 Å². The number of aromatic amines is 1. The Hall–Kier alpha value is -1.09. The minimum Gasteiger partial charge on any atom is -0.329 e. The number of rotatable bonds is 4. The quantitative estimate of drug-likeness (QED) is 0.652. The Morgan fingerprint density at radius 1 is 1.50 bits per heavy atom. The van der Waals surface area contributed by atoms with Crippen molar-refractivity contribution in [3.8, 4) is 0 Å². The van der Waals surface area contributed by atoms with Gasteiger partial charge in [-0.1, -0.05) is 13.0 Å². The third kappa shape index (κ3) is 2.88. The standard InChI is InChI=1S/C9H14N2O/c1-2-5-10-6-8-3-4-9(12)11-7-8/h3-4,7,10H,2,5-6H2,1H3,(H,11,12). The van der Waals surface area contributed by atoms with Crippen LogP contribution in [0, 0.1) is 0 Å². The fourth-order valence-electron chi connectivity index (χ4n) is 0.962. The van der Waals surface area contributed by atoms with E-state index in [-0.39, 0.29) is 5.56 Å². The van der Waals surface area contributed by atoms with Gasteiger partial charge in [-0.15, -0.1) is 0 Å². The van der Waals surface area contributed by atoms with Gasteiger partial charge in [-0.3, -0.25) is 4.79 Å². The number of nitrogens with one attached hydrogen (secondary N) is 2. The van der Waals surface area contributed by atoms with Crippen molar-refractivity contribution in [2.24, 2.45) is 0 Å². The van der Waals surface area contributed by atoms with Crippen molar-refractivity contribution in [2.45, 2.75) is 19.9 Å². The van der Waals surface area contributed by atoms with Crippen LogP contribution in [0.15, 0.2) is 23.1 Å². The lowest BCUT2D eigenvalue weighted by Gasteiger charge is -2.01. The largest absolute Gasteiger partial charge is 0.329 e. The molecule has 0 unspecified atom stereocenters. The van der Waals surface area contributed by atoms with Crippen LogP contribution in [-0.2, 0) is 6.54 Å². The van der Waals surface area contributed by atoms with E-state index in [0.717, 1.165) is 25.1 Å². The molecule has 3 heteroatoms. The lowest BCUT2D eigenvalue weighted by molar-refractivity contribution is 0.673. The zero-order chi connectivity index (χ0) is 8.81. The van der Waals surface area contributed by atoms with Gasteiger partial charge < -0.3 is 10.3 Å². The molecule has 0 spiro atoms. The molecule has 1 aromatic rings. The summed E-state index contributed by atoms with van der Waals surface area (Å²) in [4.78, 5) is 13.3. The van der Waals surface area contributed by atoms with E-state index >= 15 is 0 Å². The van der Waals surface area contributed by atoms with Crippen molar-refractivity contribution in [2.75, 3.05) is 6.54 Å². The van der Waals surface area contributed by atoms with E-state index in [2.05, 4.69) is 17.2 Å². The summed E-state index contributed by atoms with van der Waals surface area (Å²) in [6.07, 6.45) is 2.87. The fraction of sp³-hybridized carbons (Fsp3) is 0.444. The van der Waals surface area contributed by atoms with Gasteiger partial charge >= 0.3 is 0 Å². The highest BCUT2D eigenvalue weighted by molar-refractivity contribution is 5.07. The molecular weight excluding hydrogens is 152 g/mol. The van der Waals surface area contributed by atoms with E-state index in [1.165, 1.54) is 0 Å². The first-order valence-electron chi connectivity index (χ1n) is 4.21. The molecule has 3 nitrogen and oxygen atoms in total. The molecule has 0 aliphatic rings. The second kappa shape index (κ2) is 4.72. The Balaban J connectivity index is 2.42. The van der Waals surface area contributed by atoms with Gasteiger partial charge in [0.05, 0.1) is 0 Å². The van der Waals surface area contributed by atoms with Crippen molar-refractivity contribution in [3.63, 3.8) is 0 Å². The normalized spacial score (nSPS) is 10.1. The van der Waals surface area contributed by atoms with Gasteiger partial charge in [-0.2, -0.15) is 0 Å². The number of pyridine rings is 1. The first-order valence-corrected chi connectivity index (χ1v) is 4.21. The average molecular weight is 166 g/mol. The molecule has 0 aliphatic heterocycles. The molecular formula is C9H14N2O. The topological polar surface area (TPSA) is 44.9 Å². The predicted octanol–water partition coefficient (Wildman–Crippen LogP) is 0.874. The molecule has 0 bridgehead atoms. The van der Waals surface area contributed by atoms with Crippen molar-refractivity contribution in [1.29, 1.82) is 0 Å². The number of hydrogen-bond donors (Lipinski definition) is 2. The Labute approximate surface area is 71.8 Å². The maximum atomic E-state index is 10.7. The summed E-state index contributed by atoms with van der Waals surface area (Å²) in [5, 5.41) is 3.25. The van der Waals surface area contributed by atoms with Gasteiger partial charge in [0.15, 0.2) is 0 Å². The summed E-state index contributed by atoms with van der Waals surface area (Å²) in [6.45, 7) is 3.96. The summed E-state index contributed by atoms with van der Waals surface area (Å²) in [7, 11) is 0. The summed E-state index contributed by atoms with van der Waals surface area (Å²) in [6, 6.07) is 3.38. The highest BCUT2D eigenvalue weighted by atomic mass is 16.1. The lowest BCUT2D eigenvalue weighted by atomic mass is 10.3. The van der Waals surface area contributed by atoms with Crippen LogP contribution in [0.25, 0.3) is 0 Å². The number of hydrogen-bond acceptors (Lipinski definition) is 2. The highest BCUT2D eigenvalue weighted by Gasteiger charge is 1.90. The van der Waals surface area contributed by atoms with Crippen LogP contribution in [0.4, 0.5) is 0 Å². The van der Waals surface area contributed by atoms with E-state index in [9.17, 15) is 4.79 Å². The van der Waals surface area contributed by atoms with Crippen LogP contribution in [0.5, 0.6) is 0 Å². The second-order valence-electron chi connectivity index (χ2n) is 2.74. The minimum absolute atomic E-state index is 0.0470. The molecule has 12 heavy (non-hydrogen) atoms. The molecule has 66 valence electrons. The number of H-pyrrole nitrogens is 1. The zero-order valence-corrected chi connectivity index (χ0v) is 7.26. The van der Waals surface area contributed by atoms with Gasteiger partial charge in [-0.25, -0.2) is 0 Å². The molecule has 0 saturated heterocycles. The molecule has 0 aromatic carbocycles. The fourth-order valence-corrected chi connectivity index (χ4v) is 0.962. The maximum Gasteiger partial charge on any atom is 0.247 e. The van der Waals surface area contributed by atoms with Crippen molar-refractivity contribution in [3.05, 3.63) is 34.2 Å². The van der Waals surface area contributed by atoms with E-state index < -0.39 is 0 Å². The molecule has 1 heterocycles. The molecule has 0 fully saturated rings. The van der Waals surface area contributed by atoms with Gasteiger partial charge in [0.25, 0.3) is 0 Å². The molecule has 1 aromatic heterocycles. The third-order valence-corrected chi connectivity index (χ3v) is 1.60. The molecule has 0 aliphatic carbocycles. The van der Waals surface area contributed by atoms with Crippen LogP contribution < -0.4 is 10.9 Å². The van der Waals surface area contributed by atoms with Crippen LogP contribution in [0.3, 0.4) is 0 Å². The minimum atomic E-state index is -0.0470. The summed E-state index contributed by atoms with van der Waals surface area (Å²) >= 11 is 0. The Morgan fingerprint density at radius 2 is 2.33 bits per heavy atom. The highest BCUT2D eigenvalue weighted by Crippen LogP contribution is 1.91. The average Bonchev–Trinajstić information content (AvgIpc) is 2.09. The van der Waals surface area contributed by atoms with Gasteiger partial charge in [0.2, 0.25) is 5.56 Å². The van der Waals surface area contributed by atoms with Crippen LogP contribution in [-0.4, -0.2) is 11.5 Å². The second-order valence-corrected chi connectivity index (χ2v) is 2.74. The van der Waals surface area contributed by atoms with Gasteiger partial charge in [0.1, 0.15) is 0 Å². The molecule has 0 amide bonds. The zero-order valence-electron chi connectivity index (χ0n) is 7.26. The number of aromatic nitrogens is 1. The smallest absolute Gasteiger partial charge is 0.247 e. The lowest BCUT2D eigenvalue weighted by Crippen LogP contribution is -2.15. The summed E-state index contributed by atoms with van der Waals surface area (Å²) in [5.74, 6) is 0. The first kappa shape index (κ1) is 9.00. The Morgan fingerprint density at radius 3 is 2.92 bits per heavy atom. The van der Waals surface area contributed by atoms with Gasteiger partial charge in [-0.05, 0) is 18.5 Å². The van der Waals surface area contributed by atoms with Crippen LogP contribution >= 0.6 is 0 Å². The van der Waals surface area contributed by atoms with Crippen molar-refractivity contribution >= 4 is 0 Å². The monoisotopic (exact) mass is 166 g/mol. The molecule has 0 radical (unpaired) electrons. The predicted molar refractivity (Wildman–Crippen MR) is 49.1 cm³/mol. The first-order chi connectivity index (χ1) is 5.83. The Bertz CT molecular complexity index is 260. The van der Waals surface area contributed by atoms with E-state index in [1.54, 1.807) is 12.3 Å². The van der Waals surface area contributed by atoms with E-state index in [0.29, 0.717) is 0 Å². The van der Waals surface area contributed by atoms with E-state index in [4.69, 9.17) is 0 Å². The molecule has 1 rings (SSSR count). The van der Waals surface area contributed by atoms with Crippen molar-refractivity contribution in [1.82, 2.24) is 10.3 Å².